The first kappa shape index (κ1) is 30.2. The van der Waals surface area contributed by atoms with Crippen LogP contribution in [0.3, 0.4) is 0 Å². The first-order chi connectivity index (χ1) is 18.6. The summed E-state index contributed by atoms with van der Waals surface area (Å²) in [5.41, 5.74) is -0.513. The van der Waals surface area contributed by atoms with Gasteiger partial charge >= 0.3 is 12.0 Å². The molecule has 1 aromatic heterocycles. The second kappa shape index (κ2) is 14.2. The van der Waals surface area contributed by atoms with Gasteiger partial charge in [-0.1, -0.05) is 49.6 Å². The van der Waals surface area contributed by atoms with E-state index in [1.807, 2.05) is 6.92 Å². The van der Waals surface area contributed by atoms with Crippen molar-refractivity contribution in [3.8, 4) is 0 Å². The van der Waals surface area contributed by atoms with E-state index < -0.39 is 48.3 Å². The van der Waals surface area contributed by atoms with Crippen LogP contribution in [0.1, 0.15) is 56.3 Å². The normalized spacial score (nSPS) is 17.6. The summed E-state index contributed by atoms with van der Waals surface area (Å²) in [5, 5.41) is 17.6. The molecular weight excluding hydrogens is 534 g/mol. The number of aliphatic hydroxyl groups excluding tert-OH is 1. The molecule has 0 spiro atoms. The van der Waals surface area contributed by atoms with Crippen LogP contribution in [0.25, 0.3) is 0 Å². The Labute approximate surface area is 230 Å². The van der Waals surface area contributed by atoms with E-state index in [1.54, 1.807) is 0 Å². The zero-order valence-electron chi connectivity index (χ0n) is 21.5. The SMILES string of the molecule is CCCC[C@H](NC(=O)O[C@@H](c1cccnc1)C(F)(F)c1cccc(Cl)c1)C(=O)N[C@H](CO)C[C@@H]1CCNC1=O. The largest absolute Gasteiger partial charge is 0.434 e. The third kappa shape index (κ3) is 8.34. The standard InChI is InChI=1S/C27H33ClF2N4O5/c1-2-3-9-22(25(37)33-21(16-35)13-17-10-12-32-24(17)36)34-26(38)39-23(18-6-5-11-31-15-18)27(29,30)19-7-4-8-20(28)14-19/h4-8,11,14-15,17,21-23,35H,2-3,9-10,12-13,16H2,1H3,(H,32,36)(H,33,37)(H,34,38)/t17-,21-,22-,23-/m0/s1. The minimum absolute atomic E-state index is 0.0534. The number of hydrogen-bond acceptors (Lipinski definition) is 6. The summed E-state index contributed by atoms with van der Waals surface area (Å²) in [4.78, 5) is 41.8. The van der Waals surface area contributed by atoms with Gasteiger partial charge in [-0.25, -0.2) is 4.79 Å². The van der Waals surface area contributed by atoms with Crippen LogP contribution >= 0.6 is 11.6 Å². The Morgan fingerprint density at radius 1 is 1.28 bits per heavy atom. The molecule has 0 aliphatic carbocycles. The average molecular weight is 567 g/mol. The number of hydrogen-bond donors (Lipinski definition) is 4. The van der Waals surface area contributed by atoms with Gasteiger partial charge in [0.15, 0.2) is 6.10 Å². The summed E-state index contributed by atoms with van der Waals surface area (Å²) in [5.74, 6) is -4.79. The number of benzene rings is 1. The number of amides is 3. The van der Waals surface area contributed by atoms with E-state index >= 15 is 8.78 Å². The Bertz CT molecular complexity index is 1120. The van der Waals surface area contributed by atoms with Gasteiger partial charge in [-0.2, -0.15) is 8.78 Å². The molecule has 0 radical (unpaired) electrons. The number of halogens is 3. The summed E-state index contributed by atoms with van der Waals surface area (Å²) in [6.07, 6.45) is 1.57. The number of unbranched alkanes of at least 4 members (excludes halogenated alkanes) is 1. The number of aromatic nitrogens is 1. The van der Waals surface area contributed by atoms with E-state index in [9.17, 15) is 19.5 Å². The van der Waals surface area contributed by atoms with E-state index in [1.165, 1.54) is 42.7 Å². The predicted molar refractivity (Wildman–Crippen MR) is 140 cm³/mol. The second-order valence-electron chi connectivity index (χ2n) is 9.44. The molecule has 12 heteroatoms. The van der Waals surface area contributed by atoms with E-state index in [0.717, 1.165) is 6.07 Å². The molecular formula is C27H33ClF2N4O5. The quantitative estimate of drug-likeness (QED) is 0.291. The fourth-order valence-electron chi connectivity index (χ4n) is 4.38. The Kier molecular flexibility index (Phi) is 11.0. The number of nitrogens with zero attached hydrogens (tertiary/aromatic N) is 1. The maximum Gasteiger partial charge on any atom is 0.408 e. The van der Waals surface area contributed by atoms with Crippen molar-refractivity contribution in [1.29, 1.82) is 0 Å². The highest BCUT2D eigenvalue weighted by molar-refractivity contribution is 6.30. The number of carbonyl (C=O) groups is 3. The Balaban J connectivity index is 1.75. The van der Waals surface area contributed by atoms with Crippen LogP contribution in [-0.4, -0.2) is 53.2 Å². The van der Waals surface area contributed by atoms with Gasteiger partial charge < -0.3 is 25.8 Å². The molecule has 39 heavy (non-hydrogen) atoms. The van der Waals surface area contributed by atoms with E-state index in [2.05, 4.69) is 20.9 Å². The lowest BCUT2D eigenvalue weighted by atomic mass is 9.98. The molecule has 0 saturated carbocycles. The maximum absolute atomic E-state index is 15.7. The number of nitrogens with one attached hydrogen (secondary N) is 3. The fraction of sp³-hybridized carbons (Fsp3) is 0.481. The van der Waals surface area contributed by atoms with Crippen LogP contribution in [0.15, 0.2) is 48.8 Å². The highest BCUT2D eigenvalue weighted by Crippen LogP contribution is 2.43. The van der Waals surface area contributed by atoms with Crippen LogP contribution in [0.2, 0.25) is 5.02 Å². The zero-order valence-corrected chi connectivity index (χ0v) is 22.3. The average Bonchev–Trinajstić information content (AvgIpc) is 3.33. The van der Waals surface area contributed by atoms with Crippen molar-refractivity contribution in [3.05, 3.63) is 64.9 Å². The van der Waals surface area contributed by atoms with Crippen LogP contribution in [0.5, 0.6) is 0 Å². The number of ether oxygens (including phenoxy) is 1. The van der Waals surface area contributed by atoms with Gasteiger partial charge in [-0.15, -0.1) is 0 Å². The molecule has 2 heterocycles. The topological polar surface area (TPSA) is 130 Å². The highest BCUT2D eigenvalue weighted by Gasteiger charge is 2.46. The number of alkyl halides is 2. The molecule has 0 unspecified atom stereocenters. The molecule has 4 N–H and O–H groups in total. The van der Waals surface area contributed by atoms with E-state index in [4.69, 9.17) is 16.3 Å². The zero-order chi connectivity index (χ0) is 28.4. The Hall–Kier alpha value is -3.31. The highest BCUT2D eigenvalue weighted by atomic mass is 35.5. The summed E-state index contributed by atoms with van der Waals surface area (Å²) in [6, 6.07) is 6.04. The molecule has 1 aromatic carbocycles. The third-order valence-electron chi connectivity index (χ3n) is 6.50. The molecule has 3 amide bonds. The van der Waals surface area contributed by atoms with Crippen molar-refractivity contribution in [1.82, 2.24) is 20.9 Å². The maximum atomic E-state index is 15.7. The van der Waals surface area contributed by atoms with Gasteiger partial charge in [0.2, 0.25) is 11.8 Å². The molecule has 1 aliphatic rings. The van der Waals surface area contributed by atoms with Gasteiger partial charge in [0, 0.05) is 41.0 Å². The van der Waals surface area contributed by atoms with Crippen molar-refractivity contribution in [3.63, 3.8) is 0 Å². The number of aliphatic hydroxyl groups is 1. The molecule has 212 valence electrons. The van der Waals surface area contributed by atoms with Crippen molar-refractivity contribution in [2.45, 2.75) is 63.1 Å². The van der Waals surface area contributed by atoms with E-state index in [-0.39, 0.29) is 35.3 Å². The number of alkyl carbamates (subject to hydrolysis) is 1. The Morgan fingerprint density at radius 3 is 2.69 bits per heavy atom. The molecule has 0 bridgehead atoms. The summed E-state index contributed by atoms with van der Waals surface area (Å²) in [7, 11) is 0. The number of carbonyl (C=O) groups excluding carboxylic acids is 3. The monoisotopic (exact) mass is 566 g/mol. The molecule has 3 rings (SSSR count). The minimum atomic E-state index is -3.68. The van der Waals surface area contributed by atoms with Gasteiger partial charge in [-0.3, -0.25) is 14.6 Å². The first-order valence-electron chi connectivity index (χ1n) is 12.9. The summed E-state index contributed by atoms with van der Waals surface area (Å²) >= 11 is 5.92. The minimum Gasteiger partial charge on any atom is -0.434 e. The van der Waals surface area contributed by atoms with Crippen LogP contribution < -0.4 is 16.0 Å². The Morgan fingerprint density at radius 2 is 2.08 bits per heavy atom. The first-order valence-corrected chi connectivity index (χ1v) is 13.2. The van der Waals surface area contributed by atoms with Gasteiger partial charge in [0.25, 0.3) is 0 Å². The molecule has 1 fully saturated rings. The summed E-state index contributed by atoms with van der Waals surface area (Å²) in [6.45, 7) is 2.02. The van der Waals surface area contributed by atoms with E-state index in [0.29, 0.717) is 25.8 Å². The van der Waals surface area contributed by atoms with Crippen LogP contribution in [-0.2, 0) is 20.2 Å². The third-order valence-corrected chi connectivity index (χ3v) is 6.74. The number of pyridine rings is 1. The predicted octanol–water partition coefficient (Wildman–Crippen LogP) is 3.86. The molecule has 9 nitrogen and oxygen atoms in total. The van der Waals surface area contributed by atoms with Gasteiger partial charge in [-0.05, 0) is 37.5 Å². The molecule has 2 aromatic rings. The number of rotatable bonds is 13. The van der Waals surface area contributed by atoms with Crippen molar-refractivity contribution in [2.75, 3.05) is 13.2 Å². The van der Waals surface area contributed by atoms with Crippen molar-refractivity contribution >= 4 is 29.5 Å². The van der Waals surface area contributed by atoms with Gasteiger partial charge in [0.1, 0.15) is 6.04 Å². The lowest BCUT2D eigenvalue weighted by Gasteiger charge is -2.28. The lowest BCUT2D eigenvalue weighted by molar-refractivity contribution is -0.128. The van der Waals surface area contributed by atoms with Crippen molar-refractivity contribution in [2.24, 2.45) is 5.92 Å². The van der Waals surface area contributed by atoms with Crippen molar-refractivity contribution < 1.29 is 33.0 Å². The molecule has 4 atom stereocenters. The smallest absolute Gasteiger partial charge is 0.408 e. The summed E-state index contributed by atoms with van der Waals surface area (Å²) < 4.78 is 36.6. The molecule has 1 saturated heterocycles. The fourth-order valence-corrected chi connectivity index (χ4v) is 4.57. The van der Waals surface area contributed by atoms with Crippen LogP contribution in [0, 0.1) is 5.92 Å². The molecule has 1 aliphatic heterocycles. The van der Waals surface area contributed by atoms with Gasteiger partial charge in [0.05, 0.1) is 12.6 Å². The second-order valence-corrected chi connectivity index (χ2v) is 9.88. The lowest BCUT2D eigenvalue weighted by Crippen LogP contribution is -2.51. The van der Waals surface area contributed by atoms with Crippen LogP contribution in [0.4, 0.5) is 13.6 Å².